The number of amides is 1. The van der Waals surface area contributed by atoms with Gasteiger partial charge in [-0.3, -0.25) is 0 Å². The fraction of sp³-hybridized carbons (Fsp3) is 0.118. The van der Waals surface area contributed by atoms with Crippen molar-refractivity contribution in [3.8, 4) is 22.8 Å². The van der Waals surface area contributed by atoms with E-state index in [0.29, 0.717) is 17.1 Å². The number of carbonyl (C=O) groups is 1. The zero-order chi connectivity index (χ0) is 19.4. The van der Waals surface area contributed by atoms with Crippen molar-refractivity contribution in [2.75, 3.05) is 0 Å². The molecule has 2 N–H and O–H groups in total. The lowest BCUT2D eigenvalue weighted by molar-refractivity contribution is -0.274. The van der Waals surface area contributed by atoms with Crippen molar-refractivity contribution in [3.63, 3.8) is 0 Å². The van der Waals surface area contributed by atoms with E-state index < -0.39 is 12.5 Å². The smallest absolute Gasteiger partial charge is 0.465 e. The first-order valence-corrected chi connectivity index (χ1v) is 7.64. The zero-order valence-corrected chi connectivity index (χ0v) is 13.6. The second-order valence-electron chi connectivity index (χ2n) is 5.41. The monoisotopic (exact) mass is 378 g/mol. The normalized spacial score (nSPS) is 11.2. The highest BCUT2D eigenvalue weighted by atomic mass is 19.4. The Bertz CT molecular complexity index is 922. The van der Waals surface area contributed by atoms with E-state index in [4.69, 9.17) is 5.11 Å². The maximum absolute atomic E-state index is 12.2. The number of benzene rings is 2. The molecular formula is C17H13F3N4O3. The molecule has 7 nitrogen and oxygen atoms in total. The lowest BCUT2D eigenvalue weighted by Gasteiger charge is -2.09. The number of nitrogens with zero attached hydrogens (tertiary/aromatic N) is 3. The van der Waals surface area contributed by atoms with Gasteiger partial charge in [-0.2, -0.15) is 0 Å². The van der Waals surface area contributed by atoms with Gasteiger partial charge in [-0.1, -0.05) is 24.3 Å². The van der Waals surface area contributed by atoms with Crippen LogP contribution in [0.1, 0.15) is 5.56 Å². The van der Waals surface area contributed by atoms with E-state index in [9.17, 15) is 18.0 Å². The van der Waals surface area contributed by atoms with Gasteiger partial charge in [0.05, 0.1) is 5.69 Å². The van der Waals surface area contributed by atoms with E-state index in [1.807, 2.05) is 0 Å². The summed E-state index contributed by atoms with van der Waals surface area (Å²) in [7, 11) is 0. The molecule has 0 fully saturated rings. The Morgan fingerprint density at radius 2 is 1.78 bits per heavy atom. The van der Waals surface area contributed by atoms with E-state index in [1.165, 1.54) is 35.3 Å². The van der Waals surface area contributed by atoms with Crippen LogP contribution in [0, 0.1) is 0 Å². The van der Waals surface area contributed by atoms with E-state index in [0.717, 1.165) is 5.56 Å². The molecule has 0 spiro atoms. The van der Waals surface area contributed by atoms with Gasteiger partial charge in [0.15, 0.2) is 5.82 Å². The van der Waals surface area contributed by atoms with E-state index in [1.54, 1.807) is 24.3 Å². The Morgan fingerprint density at radius 3 is 2.37 bits per heavy atom. The lowest BCUT2D eigenvalue weighted by Crippen LogP contribution is -2.19. The average molecular weight is 378 g/mol. The first-order valence-electron chi connectivity index (χ1n) is 7.64. The molecule has 0 aliphatic carbocycles. The van der Waals surface area contributed by atoms with Crippen LogP contribution in [0.2, 0.25) is 0 Å². The highest BCUT2D eigenvalue weighted by Crippen LogP contribution is 2.24. The third-order valence-corrected chi connectivity index (χ3v) is 3.48. The number of aromatic nitrogens is 3. The molecule has 0 saturated heterocycles. The van der Waals surface area contributed by atoms with Crippen molar-refractivity contribution in [2.45, 2.75) is 12.9 Å². The molecular weight excluding hydrogens is 365 g/mol. The SMILES string of the molecule is O=C(O)NCc1ccc(-c2ncn(-c3ccc(OC(F)(F)F)cc3)n2)cc1. The minimum Gasteiger partial charge on any atom is -0.465 e. The van der Waals surface area contributed by atoms with Crippen LogP contribution < -0.4 is 10.1 Å². The first-order chi connectivity index (χ1) is 12.8. The number of ether oxygens (including phenoxy) is 1. The van der Waals surface area contributed by atoms with Gasteiger partial charge in [0.25, 0.3) is 0 Å². The van der Waals surface area contributed by atoms with Crippen molar-refractivity contribution in [1.29, 1.82) is 0 Å². The number of carboxylic acid groups (broad SMARTS) is 1. The van der Waals surface area contributed by atoms with Crippen LogP contribution >= 0.6 is 0 Å². The summed E-state index contributed by atoms with van der Waals surface area (Å²) in [6.07, 6.45) is -4.41. The maximum Gasteiger partial charge on any atom is 0.573 e. The molecule has 0 saturated carbocycles. The fourth-order valence-electron chi connectivity index (χ4n) is 2.27. The van der Waals surface area contributed by atoms with Crippen molar-refractivity contribution in [1.82, 2.24) is 20.1 Å². The third-order valence-electron chi connectivity index (χ3n) is 3.48. The van der Waals surface area contributed by atoms with Gasteiger partial charge in [0, 0.05) is 12.1 Å². The summed E-state index contributed by atoms with van der Waals surface area (Å²) >= 11 is 0. The Labute approximate surface area is 151 Å². The van der Waals surface area contributed by atoms with Gasteiger partial charge in [0.2, 0.25) is 0 Å². The van der Waals surface area contributed by atoms with Gasteiger partial charge in [-0.25, -0.2) is 14.5 Å². The maximum atomic E-state index is 12.2. The van der Waals surface area contributed by atoms with Gasteiger partial charge < -0.3 is 15.2 Å². The van der Waals surface area contributed by atoms with Crippen LogP contribution in [-0.4, -0.2) is 32.3 Å². The molecule has 0 unspecified atom stereocenters. The zero-order valence-electron chi connectivity index (χ0n) is 13.6. The average Bonchev–Trinajstić information content (AvgIpc) is 3.10. The molecule has 3 rings (SSSR count). The Kier molecular flexibility index (Phi) is 4.97. The molecule has 1 aromatic heterocycles. The number of hydrogen-bond donors (Lipinski definition) is 2. The summed E-state index contributed by atoms with van der Waals surface area (Å²) in [6.45, 7) is 0.184. The molecule has 0 atom stereocenters. The minimum atomic E-state index is -4.74. The number of alkyl halides is 3. The molecule has 140 valence electrons. The standard InChI is InChI=1S/C17H13F3N4O3/c18-17(19,20)27-14-7-5-13(6-8-14)24-10-22-15(23-24)12-3-1-11(2-4-12)9-21-16(25)26/h1-8,10,21H,9H2,(H,25,26). The van der Waals surface area contributed by atoms with Crippen molar-refractivity contribution < 1.29 is 27.8 Å². The minimum absolute atomic E-state index is 0.184. The summed E-state index contributed by atoms with van der Waals surface area (Å²) in [6, 6.07) is 12.2. The number of halogens is 3. The van der Waals surface area contributed by atoms with Crippen LogP contribution in [0.15, 0.2) is 54.9 Å². The topological polar surface area (TPSA) is 89.3 Å². The van der Waals surface area contributed by atoms with Crippen LogP contribution in [0.3, 0.4) is 0 Å². The third kappa shape index (κ3) is 4.97. The van der Waals surface area contributed by atoms with Crippen LogP contribution in [0.4, 0.5) is 18.0 Å². The van der Waals surface area contributed by atoms with Gasteiger partial charge in [0.1, 0.15) is 12.1 Å². The highest BCUT2D eigenvalue weighted by Gasteiger charge is 2.30. The van der Waals surface area contributed by atoms with Gasteiger partial charge in [-0.15, -0.1) is 18.3 Å². The fourth-order valence-corrected chi connectivity index (χ4v) is 2.27. The van der Waals surface area contributed by atoms with Crippen LogP contribution in [0.25, 0.3) is 17.1 Å². The van der Waals surface area contributed by atoms with Gasteiger partial charge >= 0.3 is 12.5 Å². The lowest BCUT2D eigenvalue weighted by atomic mass is 10.1. The predicted octanol–water partition coefficient (Wildman–Crippen LogP) is 3.60. The molecule has 1 amide bonds. The number of hydrogen-bond acceptors (Lipinski definition) is 4. The van der Waals surface area contributed by atoms with Crippen LogP contribution in [-0.2, 0) is 6.54 Å². The Balaban J connectivity index is 1.72. The van der Waals surface area contributed by atoms with Crippen LogP contribution in [0.5, 0.6) is 5.75 Å². The quantitative estimate of drug-likeness (QED) is 0.708. The molecule has 0 bridgehead atoms. The largest absolute Gasteiger partial charge is 0.573 e. The molecule has 27 heavy (non-hydrogen) atoms. The predicted molar refractivity (Wildman–Crippen MR) is 88.3 cm³/mol. The summed E-state index contributed by atoms with van der Waals surface area (Å²) in [5.74, 6) is 0.0977. The summed E-state index contributed by atoms with van der Waals surface area (Å²) < 4.78 is 41.8. The molecule has 0 aliphatic rings. The first kappa shape index (κ1) is 18.2. The molecule has 3 aromatic rings. The molecule has 10 heteroatoms. The highest BCUT2D eigenvalue weighted by molar-refractivity contribution is 5.64. The van der Waals surface area contributed by atoms with Crippen molar-refractivity contribution in [3.05, 3.63) is 60.4 Å². The van der Waals surface area contributed by atoms with Gasteiger partial charge in [-0.05, 0) is 29.8 Å². The second kappa shape index (κ2) is 7.36. The Hall–Kier alpha value is -3.56. The second-order valence-corrected chi connectivity index (χ2v) is 5.41. The molecule has 0 radical (unpaired) electrons. The molecule has 1 heterocycles. The number of nitrogens with one attached hydrogen (secondary N) is 1. The van der Waals surface area contributed by atoms with E-state index in [-0.39, 0.29) is 12.3 Å². The van der Waals surface area contributed by atoms with E-state index >= 15 is 0 Å². The number of rotatable bonds is 5. The van der Waals surface area contributed by atoms with E-state index in [2.05, 4.69) is 20.1 Å². The van der Waals surface area contributed by atoms with Crippen molar-refractivity contribution in [2.24, 2.45) is 0 Å². The van der Waals surface area contributed by atoms with Crippen molar-refractivity contribution >= 4 is 6.09 Å². The summed E-state index contributed by atoms with van der Waals surface area (Å²) in [5, 5.41) is 15.2. The summed E-state index contributed by atoms with van der Waals surface area (Å²) in [5.41, 5.74) is 2.01. The Morgan fingerprint density at radius 1 is 1.11 bits per heavy atom. The molecule has 2 aromatic carbocycles. The molecule has 0 aliphatic heterocycles. The summed E-state index contributed by atoms with van der Waals surface area (Å²) in [4.78, 5) is 14.7.